The quantitative estimate of drug-likeness (QED) is 0.686. The number of hydrogen-bond donors (Lipinski definition) is 2. The molecule has 0 atom stereocenters. The van der Waals surface area contributed by atoms with Crippen LogP contribution in [0.5, 0.6) is 0 Å². The molecular formula is C17H11ClF3N3O. The summed E-state index contributed by atoms with van der Waals surface area (Å²) in [5, 5.41) is 8.18. The number of amides is 1. The Balaban J connectivity index is 2.04. The number of carbonyl (C=O) groups is 1. The van der Waals surface area contributed by atoms with Gasteiger partial charge in [0.05, 0.1) is 16.1 Å². The molecule has 0 aliphatic heterocycles. The lowest BCUT2D eigenvalue weighted by molar-refractivity contribution is -0.140. The number of aromatic nitrogens is 2. The van der Waals surface area contributed by atoms with Gasteiger partial charge in [-0.05, 0) is 17.7 Å². The Hall–Kier alpha value is -2.80. The van der Waals surface area contributed by atoms with E-state index in [1.165, 1.54) is 24.3 Å². The second-order valence-electron chi connectivity index (χ2n) is 5.12. The zero-order chi connectivity index (χ0) is 18.0. The fourth-order valence-electron chi connectivity index (χ4n) is 2.34. The van der Waals surface area contributed by atoms with Crippen LogP contribution in [-0.2, 0) is 6.18 Å². The molecule has 0 spiro atoms. The zero-order valence-electron chi connectivity index (χ0n) is 12.6. The molecule has 8 heteroatoms. The van der Waals surface area contributed by atoms with Gasteiger partial charge in [0.15, 0.2) is 5.82 Å². The normalized spacial score (nSPS) is 11.4. The van der Waals surface area contributed by atoms with Crippen molar-refractivity contribution in [1.82, 2.24) is 10.2 Å². The van der Waals surface area contributed by atoms with E-state index in [1.54, 1.807) is 30.3 Å². The lowest BCUT2D eigenvalue weighted by Crippen LogP contribution is -2.14. The molecule has 0 fully saturated rings. The van der Waals surface area contributed by atoms with Gasteiger partial charge in [0, 0.05) is 0 Å². The summed E-state index contributed by atoms with van der Waals surface area (Å²) in [6.07, 6.45) is -4.65. The number of rotatable bonds is 3. The monoisotopic (exact) mass is 365 g/mol. The molecule has 0 aliphatic rings. The summed E-state index contributed by atoms with van der Waals surface area (Å²) in [6.45, 7) is 0. The highest BCUT2D eigenvalue weighted by atomic mass is 35.5. The van der Waals surface area contributed by atoms with Crippen molar-refractivity contribution in [3.8, 4) is 11.1 Å². The van der Waals surface area contributed by atoms with Gasteiger partial charge in [-0.1, -0.05) is 54.1 Å². The number of nitrogens with one attached hydrogen (secondary N) is 2. The van der Waals surface area contributed by atoms with Crippen molar-refractivity contribution in [1.29, 1.82) is 0 Å². The standard InChI is InChI=1S/C17H11ClF3N3O/c18-12-9-5-4-8-11(12)16(25)22-15-13(10-6-2-1-3-7-10)14(23-24-15)17(19,20)21/h1-9H,(H2,22,23,24,25). The molecule has 2 N–H and O–H groups in total. The zero-order valence-corrected chi connectivity index (χ0v) is 13.3. The van der Waals surface area contributed by atoms with Crippen LogP contribution in [0.15, 0.2) is 54.6 Å². The molecule has 3 rings (SSSR count). The number of aromatic amines is 1. The molecule has 25 heavy (non-hydrogen) atoms. The van der Waals surface area contributed by atoms with Crippen molar-refractivity contribution < 1.29 is 18.0 Å². The van der Waals surface area contributed by atoms with Crippen LogP contribution >= 0.6 is 11.6 Å². The summed E-state index contributed by atoms with van der Waals surface area (Å²) in [4.78, 5) is 12.3. The van der Waals surface area contributed by atoms with E-state index < -0.39 is 17.8 Å². The Morgan fingerprint density at radius 2 is 1.68 bits per heavy atom. The SMILES string of the molecule is O=C(Nc1n[nH]c(C(F)(F)F)c1-c1ccccc1)c1ccccc1Cl. The summed E-state index contributed by atoms with van der Waals surface area (Å²) in [5.41, 5.74) is -0.848. The Morgan fingerprint density at radius 3 is 2.32 bits per heavy atom. The molecule has 1 aromatic heterocycles. The minimum absolute atomic E-state index is 0.139. The Bertz CT molecular complexity index is 907. The Kier molecular flexibility index (Phi) is 4.50. The van der Waals surface area contributed by atoms with Crippen LogP contribution in [0.4, 0.5) is 19.0 Å². The van der Waals surface area contributed by atoms with Gasteiger partial charge >= 0.3 is 6.18 Å². The number of halogens is 4. The smallest absolute Gasteiger partial charge is 0.304 e. The van der Waals surface area contributed by atoms with Crippen molar-refractivity contribution >= 4 is 23.3 Å². The van der Waals surface area contributed by atoms with Gasteiger partial charge in [-0.15, -0.1) is 0 Å². The molecule has 0 aliphatic carbocycles. The maximum absolute atomic E-state index is 13.3. The third-order valence-corrected chi connectivity index (χ3v) is 3.79. The first-order valence-electron chi connectivity index (χ1n) is 7.15. The maximum Gasteiger partial charge on any atom is 0.433 e. The molecular weight excluding hydrogens is 355 g/mol. The van der Waals surface area contributed by atoms with Crippen molar-refractivity contribution in [3.05, 3.63) is 70.9 Å². The molecule has 1 heterocycles. The summed E-state index contributed by atoms with van der Waals surface area (Å²) in [6, 6.07) is 14.1. The second kappa shape index (κ2) is 6.60. The van der Waals surface area contributed by atoms with Crippen LogP contribution in [0.3, 0.4) is 0 Å². The molecule has 2 aromatic carbocycles. The number of H-pyrrole nitrogens is 1. The predicted octanol–water partition coefficient (Wildman–Crippen LogP) is 5.00. The summed E-state index contributed by atoms with van der Waals surface area (Å²) in [5.74, 6) is -0.869. The largest absolute Gasteiger partial charge is 0.433 e. The first-order valence-corrected chi connectivity index (χ1v) is 7.52. The van der Waals surface area contributed by atoms with Crippen LogP contribution in [0.1, 0.15) is 16.1 Å². The molecule has 128 valence electrons. The van der Waals surface area contributed by atoms with Crippen LogP contribution < -0.4 is 5.32 Å². The molecule has 0 saturated heterocycles. The molecule has 0 unspecified atom stereocenters. The third kappa shape index (κ3) is 3.51. The van der Waals surface area contributed by atoms with E-state index in [9.17, 15) is 18.0 Å². The first kappa shape index (κ1) is 17.0. The van der Waals surface area contributed by atoms with Crippen LogP contribution in [0.25, 0.3) is 11.1 Å². The van der Waals surface area contributed by atoms with Crippen LogP contribution in [-0.4, -0.2) is 16.1 Å². The minimum atomic E-state index is -4.65. The molecule has 4 nitrogen and oxygen atoms in total. The van der Waals surface area contributed by atoms with Crippen LogP contribution in [0, 0.1) is 0 Å². The number of anilines is 1. The van der Waals surface area contributed by atoms with E-state index in [0.717, 1.165) is 0 Å². The summed E-state index contributed by atoms with van der Waals surface area (Å²) >= 11 is 5.95. The van der Waals surface area contributed by atoms with Gasteiger partial charge in [0.25, 0.3) is 5.91 Å². The highest BCUT2D eigenvalue weighted by Crippen LogP contribution is 2.39. The molecule has 3 aromatic rings. The lowest BCUT2D eigenvalue weighted by atomic mass is 10.0. The lowest BCUT2D eigenvalue weighted by Gasteiger charge is -2.10. The van der Waals surface area contributed by atoms with Gasteiger partial charge in [0.1, 0.15) is 5.69 Å². The van der Waals surface area contributed by atoms with E-state index in [-0.39, 0.29) is 27.5 Å². The molecule has 0 saturated carbocycles. The first-order chi connectivity index (χ1) is 11.9. The number of hydrogen-bond acceptors (Lipinski definition) is 2. The van der Waals surface area contributed by atoms with E-state index in [4.69, 9.17) is 11.6 Å². The molecule has 1 amide bonds. The summed E-state index contributed by atoms with van der Waals surface area (Å²) in [7, 11) is 0. The average molecular weight is 366 g/mol. The van der Waals surface area contributed by atoms with E-state index in [2.05, 4.69) is 10.4 Å². The Morgan fingerprint density at radius 1 is 1.04 bits per heavy atom. The fourth-order valence-corrected chi connectivity index (χ4v) is 2.57. The van der Waals surface area contributed by atoms with Crippen molar-refractivity contribution in [2.75, 3.05) is 5.32 Å². The summed E-state index contributed by atoms with van der Waals surface area (Å²) < 4.78 is 39.8. The van der Waals surface area contributed by atoms with Gasteiger partial charge in [0.2, 0.25) is 0 Å². The highest BCUT2D eigenvalue weighted by molar-refractivity contribution is 6.34. The predicted molar refractivity (Wildman–Crippen MR) is 88.4 cm³/mol. The minimum Gasteiger partial charge on any atom is -0.304 e. The average Bonchev–Trinajstić information content (AvgIpc) is 3.00. The van der Waals surface area contributed by atoms with Gasteiger partial charge in [-0.3, -0.25) is 9.89 Å². The topological polar surface area (TPSA) is 57.8 Å². The highest BCUT2D eigenvalue weighted by Gasteiger charge is 2.38. The molecule has 0 bridgehead atoms. The third-order valence-electron chi connectivity index (χ3n) is 3.46. The Labute approximate surface area is 145 Å². The fraction of sp³-hybridized carbons (Fsp3) is 0.0588. The van der Waals surface area contributed by atoms with Crippen LogP contribution in [0.2, 0.25) is 5.02 Å². The van der Waals surface area contributed by atoms with E-state index in [0.29, 0.717) is 0 Å². The van der Waals surface area contributed by atoms with Crippen molar-refractivity contribution in [2.45, 2.75) is 6.18 Å². The van der Waals surface area contributed by atoms with Gasteiger partial charge < -0.3 is 5.32 Å². The van der Waals surface area contributed by atoms with E-state index >= 15 is 0 Å². The maximum atomic E-state index is 13.3. The number of nitrogens with zero attached hydrogens (tertiary/aromatic N) is 1. The number of benzene rings is 2. The van der Waals surface area contributed by atoms with Gasteiger partial charge in [-0.25, -0.2) is 0 Å². The van der Waals surface area contributed by atoms with Crippen molar-refractivity contribution in [3.63, 3.8) is 0 Å². The number of carbonyl (C=O) groups excluding carboxylic acids is 1. The van der Waals surface area contributed by atoms with Gasteiger partial charge in [-0.2, -0.15) is 18.3 Å². The number of alkyl halides is 3. The molecule has 0 radical (unpaired) electrons. The van der Waals surface area contributed by atoms with Crippen molar-refractivity contribution in [2.24, 2.45) is 0 Å². The van der Waals surface area contributed by atoms with E-state index in [1.807, 2.05) is 5.10 Å². The second-order valence-corrected chi connectivity index (χ2v) is 5.53.